The molecule has 0 aromatic carbocycles. The lowest BCUT2D eigenvalue weighted by Crippen LogP contribution is -2.39. The monoisotopic (exact) mass is 290 g/mol. The van der Waals surface area contributed by atoms with E-state index in [0.29, 0.717) is 11.6 Å². The molecule has 1 aliphatic heterocycles. The predicted molar refractivity (Wildman–Crippen MR) is 83.2 cm³/mol. The van der Waals surface area contributed by atoms with Crippen LogP contribution in [0.15, 0.2) is 24.4 Å². The van der Waals surface area contributed by atoms with E-state index in [1.807, 2.05) is 17.0 Å². The molecular formula is C17H26N2O2. The minimum absolute atomic E-state index is 0.0555. The van der Waals surface area contributed by atoms with Crippen molar-refractivity contribution >= 4 is 5.91 Å². The molecule has 2 rings (SSSR count). The van der Waals surface area contributed by atoms with Crippen molar-refractivity contribution in [1.29, 1.82) is 0 Å². The Hall–Kier alpha value is -1.42. The number of pyridine rings is 1. The molecule has 0 spiro atoms. The number of ether oxygens (including phenoxy) is 1. The molecule has 1 aromatic rings. The predicted octanol–water partition coefficient (Wildman–Crippen LogP) is 3.14. The van der Waals surface area contributed by atoms with Crippen LogP contribution in [0.4, 0.5) is 0 Å². The third kappa shape index (κ3) is 5.12. The molecule has 1 aromatic heterocycles. The van der Waals surface area contributed by atoms with Gasteiger partial charge in [-0.25, -0.2) is 0 Å². The lowest BCUT2D eigenvalue weighted by Gasteiger charge is -2.32. The summed E-state index contributed by atoms with van der Waals surface area (Å²) >= 11 is 0. The van der Waals surface area contributed by atoms with E-state index in [9.17, 15) is 4.79 Å². The van der Waals surface area contributed by atoms with Gasteiger partial charge in [0.2, 0.25) is 0 Å². The number of amides is 1. The molecule has 0 N–H and O–H groups in total. The van der Waals surface area contributed by atoms with E-state index < -0.39 is 0 Å². The molecule has 4 heteroatoms. The maximum Gasteiger partial charge on any atom is 0.272 e. The number of carbonyl (C=O) groups is 1. The molecule has 1 fully saturated rings. The third-order valence-electron chi connectivity index (χ3n) is 3.85. The van der Waals surface area contributed by atoms with Crippen molar-refractivity contribution in [2.45, 2.75) is 45.6 Å². The molecular weight excluding hydrogens is 264 g/mol. The number of carbonyl (C=O) groups excluding carboxylic acids is 1. The number of hydrogen-bond donors (Lipinski definition) is 0. The highest BCUT2D eigenvalue weighted by molar-refractivity contribution is 5.92. The molecule has 116 valence electrons. The summed E-state index contributed by atoms with van der Waals surface area (Å²) in [6, 6.07) is 5.47. The first-order valence-electron chi connectivity index (χ1n) is 7.80. The largest absolute Gasteiger partial charge is 0.376 e. The van der Waals surface area contributed by atoms with Gasteiger partial charge in [-0.15, -0.1) is 0 Å². The van der Waals surface area contributed by atoms with Crippen LogP contribution in [0.2, 0.25) is 0 Å². The zero-order valence-corrected chi connectivity index (χ0v) is 13.3. The van der Waals surface area contributed by atoms with Crippen LogP contribution in [0.25, 0.3) is 0 Å². The standard InChI is InChI=1S/C17H26N2O2/c1-17(2,3)21-13-9-14-7-11-19(12-8-14)16(20)15-6-4-5-10-18-15/h4-6,10,14H,7-9,11-13H2,1-3H3. The molecule has 1 saturated heterocycles. The lowest BCUT2D eigenvalue weighted by atomic mass is 9.93. The molecule has 1 amide bonds. The SMILES string of the molecule is CC(C)(C)OCCC1CCN(C(=O)c2ccccn2)CC1. The average molecular weight is 290 g/mol. The van der Waals surface area contributed by atoms with Crippen LogP contribution < -0.4 is 0 Å². The topological polar surface area (TPSA) is 42.4 Å². The average Bonchev–Trinajstić information content (AvgIpc) is 2.47. The minimum Gasteiger partial charge on any atom is -0.376 e. The summed E-state index contributed by atoms with van der Waals surface area (Å²) in [7, 11) is 0. The van der Waals surface area contributed by atoms with E-state index in [1.165, 1.54) is 0 Å². The Labute approximate surface area is 127 Å². The molecule has 0 saturated carbocycles. The van der Waals surface area contributed by atoms with Gasteiger partial charge < -0.3 is 9.64 Å². The van der Waals surface area contributed by atoms with E-state index in [4.69, 9.17) is 4.74 Å². The highest BCUT2D eigenvalue weighted by Gasteiger charge is 2.24. The first kappa shape index (κ1) is 16.0. The van der Waals surface area contributed by atoms with E-state index in [2.05, 4.69) is 25.8 Å². The van der Waals surface area contributed by atoms with Gasteiger partial charge in [-0.05, 0) is 58.1 Å². The van der Waals surface area contributed by atoms with Crippen molar-refractivity contribution in [2.24, 2.45) is 5.92 Å². The van der Waals surface area contributed by atoms with Gasteiger partial charge in [0, 0.05) is 25.9 Å². The van der Waals surface area contributed by atoms with Crippen LogP contribution in [-0.4, -0.2) is 41.1 Å². The fourth-order valence-electron chi connectivity index (χ4n) is 2.61. The zero-order chi connectivity index (χ0) is 15.3. The van der Waals surface area contributed by atoms with Gasteiger partial charge in [0.15, 0.2) is 0 Å². The third-order valence-corrected chi connectivity index (χ3v) is 3.85. The van der Waals surface area contributed by atoms with Gasteiger partial charge in [0.05, 0.1) is 5.60 Å². The summed E-state index contributed by atoms with van der Waals surface area (Å²) < 4.78 is 5.79. The summed E-state index contributed by atoms with van der Waals surface area (Å²) in [6.07, 6.45) is 4.88. The highest BCUT2D eigenvalue weighted by Crippen LogP contribution is 2.22. The Bertz CT molecular complexity index is 446. The Morgan fingerprint density at radius 1 is 1.33 bits per heavy atom. The van der Waals surface area contributed by atoms with E-state index in [-0.39, 0.29) is 11.5 Å². The normalized spacial score (nSPS) is 17.0. The number of piperidine rings is 1. The Morgan fingerprint density at radius 3 is 2.62 bits per heavy atom. The van der Waals surface area contributed by atoms with Crippen LogP contribution >= 0.6 is 0 Å². The fraction of sp³-hybridized carbons (Fsp3) is 0.647. The summed E-state index contributed by atoms with van der Waals surface area (Å²) in [5.74, 6) is 0.722. The van der Waals surface area contributed by atoms with Gasteiger partial charge in [0.1, 0.15) is 5.69 Å². The first-order valence-corrected chi connectivity index (χ1v) is 7.80. The molecule has 1 aliphatic rings. The van der Waals surface area contributed by atoms with Gasteiger partial charge in [-0.1, -0.05) is 6.07 Å². The van der Waals surface area contributed by atoms with Crippen molar-refractivity contribution in [3.05, 3.63) is 30.1 Å². The second kappa shape index (κ2) is 7.03. The van der Waals surface area contributed by atoms with Gasteiger partial charge in [-0.2, -0.15) is 0 Å². The summed E-state index contributed by atoms with van der Waals surface area (Å²) in [6.45, 7) is 8.72. The molecule has 0 aliphatic carbocycles. The van der Waals surface area contributed by atoms with Crippen LogP contribution in [-0.2, 0) is 4.74 Å². The van der Waals surface area contributed by atoms with Crippen molar-refractivity contribution in [2.75, 3.05) is 19.7 Å². The first-order chi connectivity index (χ1) is 9.96. The maximum atomic E-state index is 12.3. The Morgan fingerprint density at radius 2 is 2.05 bits per heavy atom. The molecule has 0 unspecified atom stereocenters. The lowest BCUT2D eigenvalue weighted by molar-refractivity contribution is -0.0122. The number of likely N-dealkylation sites (tertiary alicyclic amines) is 1. The van der Waals surface area contributed by atoms with Gasteiger partial charge in [-0.3, -0.25) is 9.78 Å². The zero-order valence-electron chi connectivity index (χ0n) is 13.3. The number of rotatable bonds is 4. The van der Waals surface area contributed by atoms with E-state index in [1.54, 1.807) is 12.3 Å². The van der Waals surface area contributed by atoms with E-state index >= 15 is 0 Å². The number of nitrogens with zero attached hydrogens (tertiary/aromatic N) is 2. The van der Waals surface area contributed by atoms with Crippen LogP contribution in [0.1, 0.15) is 50.5 Å². The summed E-state index contributed by atoms with van der Waals surface area (Å²) in [5, 5.41) is 0. The molecule has 4 nitrogen and oxygen atoms in total. The van der Waals surface area contributed by atoms with Crippen molar-refractivity contribution in [1.82, 2.24) is 9.88 Å². The highest BCUT2D eigenvalue weighted by atomic mass is 16.5. The van der Waals surface area contributed by atoms with Crippen LogP contribution in [0.3, 0.4) is 0 Å². The van der Waals surface area contributed by atoms with Gasteiger partial charge >= 0.3 is 0 Å². The quantitative estimate of drug-likeness (QED) is 0.855. The molecule has 0 bridgehead atoms. The minimum atomic E-state index is -0.0599. The van der Waals surface area contributed by atoms with Crippen LogP contribution in [0.5, 0.6) is 0 Å². The summed E-state index contributed by atoms with van der Waals surface area (Å²) in [4.78, 5) is 18.3. The molecule has 2 heterocycles. The van der Waals surface area contributed by atoms with Gasteiger partial charge in [0.25, 0.3) is 5.91 Å². The Kier molecular flexibility index (Phi) is 5.34. The second-order valence-corrected chi connectivity index (χ2v) is 6.70. The van der Waals surface area contributed by atoms with Crippen molar-refractivity contribution in [3.8, 4) is 0 Å². The maximum absolute atomic E-state index is 12.3. The molecule has 0 radical (unpaired) electrons. The molecule has 21 heavy (non-hydrogen) atoms. The fourth-order valence-corrected chi connectivity index (χ4v) is 2.61. The van der Waals surface area contributed by atoms with Crippen molar-refractivity contribution in [3.63, 3.8) is 0 Å². The van der Waals surface area contributed by atoms with Crippen LogP contribution in [0, 0.1) is 5.92 Å². The number of hydrogen-bond acceptors (Lipinski definition) is 3. The molecule has 0 atom stereocenters. The smallest absolute Gasteiger partial charge is 0.272 e. The Balaban J connectivity index is 1.74. The summed E-state index contributed by atoms with van der Waals surface area (Å²) in [5.41, 5.74) is 0.488. The second-order valence-electron chi connectivity index (χ2n) is 6.70. The van der Waals surface area contributed by atoms with Crippen molar-refractivity contribution < 1.29 is 9.53 Å². The van der Waals surface area contributed by atoms with E-state index in [0.717, 1.165) is 39.0 Å². The number of aromatic nitrogens is 1.